The summed E-state index contributed by atoms with van der Waals surface area (Å²) in [6, 6.07) is 6.62. The molecule has 1 aliphatic heterocycles. The topological polar surface area (TPSA) is 80.7 Å². The summed E-state index contributed by atoms with van der Waals surface area (Å²) in [5, 5.41) is 9.69. The zero-order chi connectivity index (χ0) is 14.5. The lowest BCUT2D eigenvalue weighted by Crippen LogP contribution is -2.20. The van der Waals surface area contributed by atoms with E-state index in [9.17, 15) is 9.90 Å². The zero-order valence-electron chi connectivity index (χ0n) is 11.4. The van der Waals surface area contributed by atoms with E-state index >= 15 is 0 Å². The number of aromatic hydroxyl groups is 1. The smallest absolute Gasteiger partial charge is 0.338 e. The zero-order valence-corrected chi connectivity index (χ0v) is 11.4. The largest absolute Gasteiger partial charge is 0.506 e. The molecule has 1 aromatic carbocycles. The minimum absolute atomic E-state index is 0.0398. The van der Waals surface area contributed by atoms with Gasteiger partial charge in [-0.2, -0.15) is 0 Å². The molecule has 0 amide bonds. The van der Waals surface area contributed by atoms with E-state index in [1.165, 1.54) is 6.07 Å². The second kappa shape index (κ2) is 6.38. The van der Waals surface area contributed by atoms with Gasteiger partial charge in [-0.1, -0.05) is 12.1 Å². The SMILES string of the molecule is CCOC(=O)C1OC1C(=Nc1ccccc1O)OCC. The highest BCUT2D eigenvalue weighted by molar-refractivity contribution is 5.94. The Bertz CT molecular complexity index is 514. The highest BCUT2D eigenvalue weighted by atomic mass is 16.7. The molecule has 6 nitrogen and oxygen atoms in total. The van der Waals surface area contributed by atoms with Crippen LogP contribution in [0.15, 0.2) is 29.3 Å². The van der Waals surface area contributed by atoms with Crippen LogP contribution in [0.3, 0.4) is 0 Å². The van der Waals surface area contributed by atoms with Crippen molar-refractivity contribution in [2.75, 3.05) is 13.2 Å². The molecule has 1 aromatic rings. The van der Waals surface area contributed by atoms with Crippen LogP contribution in [-0.2, 0) is 19.0 Å². The molecule has 0 radical (unpaired) electrons. The van der Waals surface area contributed by atoms with E-state index in [1.54, 1.807) is 25.1 Å². The number of phenols is 1. The molecule has 0 spiro atoms. The predicted octanol–water partition coefficient (Wildman–Crippen LogP) is 1.79. The van der Waals surface area contributed by atoms with Gasteiger partial charge in [0.1, 0.15) is 11.4 Å². The van der Waals surface area contributed by atoms with Gasteiger partial charge in [-0.25, -0.2) is 9.79 Å². The molecular formula is C14H17NO5. The van der Waals surface area contributed by atoms with Crippen LogP contribution in [0.25, 0.3) is 0 Å². The standard InChI is InChI=1S/C14H17NO5/c1-3-18-13(11-12(20-11)14(17)19-4-2)15-9-7-5-6-8-10(9)16/h5-8,11-12,16H,3-4H2,1-2H3. The van der Waals surface area contributed by atoms with Crippen LogP contribution >= 0.6 is 0 Å². The molecule has 1 aliphatic rings. The van der Waals surface area contributed by atoms with Crippen LogP contribution in [-0.4, -0.2) is 42.4 Å². The lowest BCUT2D eigenvalue weighted by atomic mass is 10.3. The summed E-state index contributed by atoms with van der Waals surface area (Å²) in [7, 11) is 0. The summed E-state index contributed by atoms with van der Waals surface area (Å²) in [5.41, 5.74) is 0.369. The first-order valence-electron chi connectivity index (χ1n) is 6.48. The van der Waals surface area contributed by atoms with E-state index in [1.807, 2.05) is 6.92 Å². The van der Waals surface area contributed by atoms with Gasteiger partial charge in [-0.05, 0) is 26.0 Å². The van der Waals surface area contributed by atoms with Crippen molar-refractivity contribution in [1.82, 2.24) is 0 Å². The monoisotopic (exact) mass is 279 g/mol. The summed E-state index contributed by atoms with van der Waals surface area (Å²) in [6.07, 6.45) is -1.22. The third kappa shape index (κ3) is 3.27. The second-order valence-electron chi connectivity index (χ2n) is 4.10. The Hall–Kier alpha value is -2.08. The van der Waals surface area contributed by atoms with E-state index in [0.717, 1.165) is 0 Å². The summed E-state index contributed by atoms with van der Waals surface area (Å²) in [5.74, 6) is -0.118. The van der Waals surface area contributed by atoms with Crippen molar-refractivity contribution in [2.45, 2.75) is 26.1 Å². The van der Waals surface area contributed by atoms with Gasteiger partial charge in [0.2, 0.25) is 5.90 Å². The lowest BCUT2D eigenvalue weighted by molar-refractivity contribution is -0.144. The van der Waals surface area contributed by atoms with Crippen LogP contribution in [0.5, 0.6) is 5.75 Å². The molecule has 1 fully saturated rings. The van der Waals surface area contributed by atoms with E-state index in [0.29, 0.717) is 18.9 Å². The molecule has 108 valence electrons. The molecule has 2 atom stereocenters. The van der Waals surface area contributed by atoms with E-state index < -0.39 is 18.2 Å². The Kier molecular flexibility index (Phi) is 4.57. The van der Waals surface area contributed by atoms with Crippen LogP contribution in [0, 0.1) is 0 Å². The van der Waals surface area contributed by atoms with Gasteiger partial charge >= 0.3 is 5.97 Å². The van der Waals surface area contributed by atoms with Crippen LogP contribution in [0.1, 0.15) is 13.8 Å². The van der Waals surface area contributed by atoms with E-state index in [-0.39, 0.29) is 11.6 Å². The van der Waals surface area contributed by atoms with E-state index in [2.05, 4.69) is 4.99 Å². The van der Waals surface area contributed by atoms with Crippen molar-refractivity contribution in [3.05, 3.63) is 24.3 Å². The number of para-hydroxylation sites is 2. The third-order valence-corrected chi connectivity index (χ3v) is 2.66. The number of carbonyl (C=O) groups is 1. The highest BCUT2D eigenvalue weighted by Gasteiger charge is 2.51. The van der Waals surface area contributed by atoms with Gasteiger partial charge in [0.05, 0.1) is 13.2 Å². The number of esters is 1. The summed E-state index contributed by atoms with van der Waals surface area (Å²) in [4.78, 5) is 15.8. The average molecular weight is 279 g/mol. The Labute approximate surface area is 117 Å². The Balaban J connectivity index is 2.13. The fraction of sp³-hybridized carbons (Fsp3) is 0.429. The minimum atomic E-state index is -0.675. The molecule has 2 rings (SSSR count). The predicted molar refractivity (Wildman–Crippen MR) is 72.1 cm³/mol. The van der Waals surface area contributed by atoms with Crippen LogP contribution in [0.2, 0.25) is 0 Å². The van der Waals surface area contributed by atoms with Gasteiger partial charge < -0.3 is 19.3 Å². The lowest BCUT2D eigenvalue weighted by Gasteiger charge is -2.05. The van der Waals surface area contributed by atoms with E-state index in [4.69, 9.17) is 14.2 Å². The number of nitrogens with zero attached hydrogens (tertiary/aromatic N) is 1. The number of hydrogen-bond donors (Lipinski definition) is 1. The number of rotatable bonds is 5. The van der Waals surface area contributed by atoms with Crippen molar-refractivity contribution in [1.29, 1.82) is 0 Å². The van der Waals surface area contributed by atoms with Crippen molar-refractivity contribution >= 4 is 17.6 Å². The Morgan fingerprint density at radius 3 is 2.60 bits per heavy atom. The summed E-state index contributed by atoms with van der Waals surface area (Å²) in [6.45, 7) is 4.23. The maximum atomic E-state index is 11.5. The summed E-state index contributed by atoms with van der Waals surface area (Å²) >= 11 is 0. The molecule has 0 saturated carbocycles. The molecule has 0 bridgehead atoms. The number of carbonyl (C=O) groups excluding carboxylic acids is 1. The first-order valence-corrected chi connectivity index (χ1v) is 6.48. The molecule has 1 heterocycles. The van der Waals surface area contributed by atoms with Crippen molar-refractivity contribution < 1.29 is 24.1 Å². The van der Waals surface area contributed by atoms with Crippen molar-refractivity contribution in [3.8, 4) is 5.75 Å². The number of ether oxygens (including phenoxy) is 3. The molecule has 0 aromatic heterocycles. The minimum Gasteiger partial charge on any atom is -0.506 e. The second-order valence-corrected chi connectivity index (χ2v) is 4.10. The maximum absolute atomic E-state index is 11.5. The van der Waals surface area contributed by atoms with Crippen LogP contribution < -0.4 is 0 Å². The molecule has 6 heteroatoms. The number of benzene rings is 1. The van der Waals surface area contributed by atoms with Crippen molar-refractivity contribution in [2.24, 2.45) is 4.99 Å². The number of phenolic OH excluding ortho intramolecular Hbond substituents is 1. The van der Waals surface area contributed by atoms with Gasteiger partial charge in [0.25, 0.3) is 0 Å². The third-order valence-electron chi connectivity index (χ3n) is 2.66. The fourth-order valence-electron chi connectivity index (χ4n) is 1.71. The molecule has 2 unspecified atom stereocenters. The van der Waals surface area contributed by atoms with Crippen LogP contribution in [0.4, 0.5) is 5.69 Å². The Morgan fingerprint density at radius 2 is 1.95 bits per heavy atom. The molecular weight excluding hydrogens is 262 g/mol. The quantitative estimate of drug-likeness (QED) is 0.384. The van der Waals surface area contributed by atoms with Crippen molar-refractivity contribution in [3.63, 3.8) is 0 Å². The van der Waals surface area contributed by atoms with Gasteiger partial charge in [-0.15, -0.1) is 0 Å². The molecule has 1 saturated heterocycles. The maximum Gasteiger partial charge on any atom is 0.338 e. The normalized spacial score (nSPS) is 21.4. The number of hydrogen-bond acceptors (Lipinski definition) is 6. The Morgan fingerprint density at radius 1 is 1.25 bits per heavy atom. The fourth-order valence-corrected chi connectivity index (χ4v) is 1.71. The van der Waals surface area contributed by atoms with Gasteiger partial charge in [-0.3, -0.25) is 0 Å². The first kappa shape index (κ1) is 14.3. The molecule has 1 N–H and O–H groups in total. The first-order chi connectivity index (χ1) is 9.67. The van der Waals surface area contributed by atoms with Gasteiger partial charge in [0, 0.05) is 0 Å². The summed E-state index contributed by atoms with van der Waals surface area (Å²) < 4.78 is 15.5. The highest BCUT2D eigenvalue weighted by Crippen LogP contribution is 2.30. The van der Waals surface area contributed by atoms with Gasteiger partial charge in [0.15, 0.2) is 12.2 Å². The molecule has 0 aliphatic carbocycles. The average Bonchev–Trinajstić information content (AvgIpc) is 3.21. The number of aliphatic imine (C=N–C) groups is 1. The number of epoxide rings is 1. The molecule has 20 heavy (non-hydrogen) atoms.